The summed E-state index contributed by atoms with van der Waals surface area (Å²) in [5.74, 6) is 0. The van der Waals surface area contributed by atoms with E-state index < -0.39 is 5.60 Å². The van der Waals surface area contributed by atoms with Crippen LogP contribution in [0.3, 0.4) is 0 Å². The first-order valence-electron chi connectivity index (χ1n) is 5.11. The van der Waals surface area contributed by atoms with Gasteiger partial charge in [-0.1, -0.05) is 24.3 Å². The van der Waals surface area contributed by atoms with E-state index in [0.717, 1.165) is 18.4 Å². The van der Waals surface area contributed by atoms with Crippen molar-refractivity contribution >= 4 is 0 Å². The molecule has 1 aliphatic carbocycles. The number of H-pyrrole nitrogens is 1. The number of aromatic amines is 1. The fourth-order valence-corrected chi connectivity index (χ4v) is 2.34. The van der Waals surface area contributed by atoms with Crippen LogP contribution in [0.15, 0.2) is 36.8 Å². The number of hydrogen-bond donors (Lipinski definition) is 2. The van der Waals surface area contributed by atoms with E-state index in [1.54, 1.807) is 12.5 Å². The largest absolute Gasteiger partial charge is 0.379 e. The molecule has 1 unspecified atom stereocenters. The van der Waals surface area contributed by atoms with E-state index in [0.29, 0.717) is 5.69 Å². The number of aryl methyl sites for hydroxylation is 1. The van der Waals surface area contributed by atoms with Crippen molar-refractivity contribution in [1.29, 1.82) is 0 Å². The molecule has 1 aromatic carbocycles. The van der Waals surface area contributed by atoms with E-state index in [-0.39, 0.29) is 0 Å². The minimum Gasteiger partial charge on any atom is -0.379 e. The van der Waals surface area contributed by atoms with Gasteiger partial charge in [0, 0.05) is 6.20 Å². The molecule has 1 atom stereocenters. The van der Waals surface area contributed by atoms with Gasteiger partial charge in [0.05, 0.1) is 12.0 Å². The molecule has 1 aromatic heterocycles. The van der Waals surface area contributed by atoms with Gasteiger partial charge in [-0.3, -0.25) is 0 Å². The van der Waals surface area contributed by atoms with Crippen molar-refractivity contribution in [3.63, 3.8) is 0 Å². The molecule has 0 radical (unpaired) electrons. The van der Waals surface area contributed by atoms with Crippen LogP contribution in [0.5, 0.6) is 0 Å². The number of nitrogens with one attached hydrogen (secondary N) is 1. The number of benzene rings is 1. The Hall–Kier alpha value is -1.61. The van der Waals surface area contributed by atoms with Crippen molar-refractivity contribution in [3.8, 4) is 0 Å². The molecule has 3 heteroatoms. The van der Waals surface area contributed by atoms with Gasteiger partial charge in [-0.2, -0.15) is 0 Å². The smallest absolute Gasteiger partial charge is 0.134 e. The molecule has 1 aliphatic rings. The van der Waals surface area contributed by atoms with Crippen molar-refractivity contribution in [1.82, 2.24) is 9.97 Å². The molecule has 0 aliphatic heterocycles. The van der Waals surface area contributed by atoms with Gasteiger partial charge in [0.15, 0.2) is 0 Å². The fourth-order valence-electron chi connectivity index (χ4n) is 2.34. The number of nitrogens with zero attached hydrogens (tertiary/aromatic N) is 1. The summed E-state index contributed by atoms with van der Waals surface area (Å²) in [6.07, 6.45) is 5.01. The van der Waals surface area contributed by atoms with Crippen molar-refractivity contribution in [3.05, 3.63) is 53.6 Å². The summed E-state index contributed by atoms with van der Waals surface area (Å²) < 4.78 is 0. The average molecular weight is 200 g/mol. The Bertz CT molecular complexity index is 478. The standard InChI is InChI=1S/C12H12N2O/c15-12(11-7-13-8-14-11)6-5-9-3-1-2-4-10(9)12/h1-4,7-8,15H,5-6H2,(H,13,14). The molecule has 2 aromatic rings. The van der Waals surface area contributed by atoms with E-state index in [9.17, 15) is 5.11 Å². The highest BCUT2D eigenvalue weighted by Gasteiger charge is 2.39. The summed E-state index contributed by atoms with van der Waals surface area (Å²) in [4.78, 5) is 7.05. The molecule has 0 fully saturated rings. The monoisotopic (exact) mass is 200 g/mol. The Kier molecular flexibility index (Phi) is 1.70. The molecule has 1 heterocycles. The highest BCUT2D eigenvalue weighted by atomic mass is 16.3. The third kappa shape index (κ3) is 1.13. The SMILES string of the molecule is OC1(c2c[nH]cn2)CCc2ccccc21. The molecule has 0 saturated carbocycles. The average Bonchev–Trinajstić information content (AvgIpc) is 2.88. The van der Waals surface area contributed by atoms with E-state index in [4.69, 9.17) is 0 Å². The summed E-state index contributed by atoms with van der Waals surface area (Å²) in [5, 5.41) is 10.6. The first-order chi connectivity index (χ1) is 7.31. The maximum absolute atomic E-state index is 10.6. The van der Waals surface area contributed by atoms with Crippen LogP contribution in [0, 0.1) is 0 Å². The van der Waals surface area contributed by atoms with Crippen molar-refractivity contribution in [2.24, 2.45) is 0 Å². The van der Waals surface area contributed by atoms with E-state index in [1.165, 1.54) is 5.56 Å². The van der Waals surface area contributed by atoms with Gasteiger partial charge in [0.2, 0.25) is 0 Å². The minimum absolute atomic E-state index is 0.715. The Morgan fingerprint density at radius 3 is 3.00 bits per heavy atom. The van der Waals surface area contributed by atoms with Crippen molar-refractivity contribution in [2.75, 3.05) is 0 Å². The third-order valence-electron chi connectivity index (χ3n) is 3.14. The molecule has 0 amide bonds. The van der Waals surface area contributed by atoms with Gasteiger partial charge < -0.3 is 10.1 Å². The van der Waals surface area contributed by atoms with Crippen LogP contribution >= 0.6 is 0 Å². The van der Waals surface area contributed by atoms with Crippen LogP contribution in [0.4, 0.5) is 0 Å². The lowest BCUT2D eigenvalue weighted by atomic mass is 9.93. The highest BCUT2D eigenvalue weighted by Crippen LogP contribution is 2.40. The minimum atomic E-state index is -0.892. The molecule has 0 spiro atoms. The second-order valence-corrected chi connectivity index (χ2v) is 3.97. The Labute approximate surface area is 87.8 Å². The topological polar surface area (TPSA) is 48.9 Å². The normalized spacial score (nSPS) is 24.1. The number of hydrogen-bond acceptors (Lipinski definition) is 2. The van der Waals surface area contributed by atoms with E-state index in [1.807, 2.05) is 18.2 Å². The van der Waals surface area contributed by atoms with Crippen LogP contribution in [-0.2, 0) is 12.0 Å². The fraction of sp³-hybridized carbons (Fsp3) is 0.250. The Morgan fingerprint density at radius 1 is 1.33 bits per heavy atom. The molecule has 3 rings (SSSR count). The molecule has 15 heavy (non-hydrogen) atoms. The van der Waals surface area contributed by atoms with Crippen LogP contribution in [0.25, 0.3) is 0 Å². The highest BCUT2D eigenvalue weighted by molar-refractivity contribution is 5.42. The molecular weight excluding hydrogens is 188 g/mol. The van der Waals surface area contributed by atoms with Gasteiger partial charge in [-0.15, -0.1) is 0 Å². The zero-order chi connectivity index (χ0) is 10.3. The second kappa shape index (κ2) is 2.94. The maximum Gasteiger partial charge on any atom is 0.134 e. The summed E-state index contributed by atoms with van der Waals surface area (Å²) in [6, 6.07) is 8.02. The molecule has 0 bridgehead atoms. The number of aromatic nitrogens is 2. The third-order valence-corrected chi connectivity index (χ3v) is 3.14. The lowest BCUT2D eigenvalue weighted by Crippen LogP contribution is -2.24. The predicted octanol–water partition coefficient (Wildman–Crippen LogP) is 1.59. The van der Waals surface area contributed by atoms with Crippen LogP contribution in [0.1, 0.15) is 23.2 Å². The number of fused-ring (bicyclic) bond motifs is 1. The van der Waals surface area contributed by atoms with E-state index in [2.05, 4.69) is 16.0 Å². The number of aliphatic hydroxyl groups is 1. The van der Waals surface area contributed by atoms with Gasteiger partial charge in [0.1, 0.15) is 5.60 Å². The first kappa shape index (κ1) is 8.68. The lowest BCUT2D eigenvalue weighted by Gasteiger charge is -2.21. The summed E-state index contributed by atoms with van der Waals surface area (Å²) in [6.45, 7) is 0. The van der Waals surface area contributed by atoms with Crippen LogP contribution in [0.2, 0.25) is 0 Å². The summed E-state index contributed by atoms with van der Waals surface area (Å²) >= 11 is 0. The van der Waals surface area contributed by atoms with Gasteiger partial charge in [0.25, 0.3) is 0 Å². The summed E-state index contributed by atoms with van der Waals surface area (Å²) in [7, 11) is 0. The quantitative estimate of drug-likeness (QED) is 0.734. The lowest BCUT2D eigenvalue weighted by molar-refractivity contribution is 0.0787. The molecule has 2 N–H and O–H groups in total. The van der Waals surface area contributed by atoms with Crippen LogP contribution < -0.4 is 0 Å². The molecule has 76 valence electrons. The van der Waals surface area contributed by atoms with Gasteiger partial charge >= 0.3 is 0 Å². The van der Waals surface area contributed by atoms with Crippen LogP contribution in [-0.4, -0.2) is 15.1 Å². The van der Waals surface area contributed by atoms with Gasteiger partial charge in [-0.25, -0.2) is 4.98 Å². The maximum atomic E-state index is 10.6. The Morgan fingerprint density at radius 2 is 2.20 bits per heavy atom. The second-order valence-electron chi connectivity index (χ2n) is 3.97. The summed E-state index contributed by atoms with van der Waals surface area (Å²) in [5.41, 5.74) is 2.05. The molecular formula is C12H12N2O. The Balaban J connectivity index is 2.17. The number of imidazole rings is 1. The number of rotatable bonds is 1. The van der Waals surface area contributed by atoms with Crippen molar-refractivity contribution < 1.29 is 5.11 Å². The predicted molar refractivity (Wildman–Crippen MR) is 56.3 cm³/mol. The molecule has 3 nitrogen and oxygen atoms in total. The zero-order valence-corrected chi connectivity index (χ0v) is 8.27. The first-order valence-corrected chi connectivity index (χ1v) is 5.11. The van der Waals surface area contributed by atoms with E-state index >= 15 is 0 Å². The van der Waals surface area contributed by atoms with Crippen molar-refractivity contribution in [2.45, 2.75) is 18.4 Å². The zero-order valence-electron chi connectivity index (χ0n) is 8.27. The molecule has 0 saturated heterocycles. The van der Waals surface area contributed by atoms with Gasteiger partial charge in [-0.05, 0) is 24.0 Å².